The Labute approximate surface area is 119 Å². The van der Waals surface area contributed by atoms with Crippen LogP contribution in [0.15, 0.2) is 24.7 Å². The predicted octanol–water partition coefficient (Wildman–Crippen LogP) is 3.36. The molecule has 2 aliphatic rings. The van der Waals surface area contributed by atoms with Crippen molar-refractivity contribution in [2.24, 2.45) is 16.7 Å². The van der Waals surface area contributed by atoms with Crippen molar-refractivity contribution in [2.45, 2.75) is 46.1 Å². The molecule has 0 aromatic carbocycles. The molecular weight excluding hydrogens is 248 g/mol. The predicted molar refractivity (Wildman–Crippen MR) is 79.6 cm³/mol. The minimum absolute atomic E-state index is 0.335. The van der Waals surface area contributed by atoms with Crippen LogP contribution in [0.2, 0.25) is 0 Å². The van der Waals surface area contributed by atoms with Crippen LogP contribution in [0, 0.1) is 16.7 Å². The number of hydrogen-bond donors (Lipinski definition) is 1. The van der Waals surface area contributed by atoms with E-state index in [1.165, 1.54) is 19.3 Å². The first kappa shape index (κ1) is 12.2. The summed E-state index contributed by atoms with van der Waals surface area (Å²) >= 11 is 0. The van der Waals surface area contributed by atoms with Crippen LogP contribution in [0.5, 0.6) is 0 Å². The largest absolute Gasteiger partial charge is 0.364 e. The molecule has 0 amide bonds. The molecule has 0 aliphatic heterocycles. The Morgan fingerprint density at radius 1 is 1.30 bits per heavy atom. The van der Waals surface area contributed by atoms with Gasteiger partial charge in [-0.2, -0.15) is 5.10 Å². The lowest BCUT2D eigenvalue weighted by Crippen LogP contribution is -2.46. The average molecular weight is 270 g/mol. The van der Waals surface area contributed by atoms with Crippen LogP contribution in [0.4, 0.5) is 5.82 Å². The van der Waals surface area contributed by atoms with Gasteiger partial charge in [0.2, 0.25) is 0 Å². The Hall–Kier alpha value is -1.58. The molecule has 3 unspecified atom stereocenters. The summed E-state index contributed by atoms with van der Waals surface area (Å²) in [7, 11) is 0. The van der Waals surface area contributed by atoms with Crippen molar-refractivity contribution in [1.82, 2.24) is 14.6 Å². The van der Waals surface area contributed by atoms with Crippen molar-refractivity contribution in [3.63, 3.8) is 0 Å². The molecule has 2 fully saturated rings. The second-order valence-corrected chi connectivity index (χ2v) is 7.43. The van der Waals surface area contributed by atoms with Crippen molar-refractivity contribution < 1.29 is 0 Å². The smallest absolute Gasteiger partial charge is 0.152 e. The molecule has 0 radical (unpaired) electrons. The lowest BCUT2D eigenvalue weighted by molar-refractivity contribution is 0.155. The first-order chi connectivity index (χ1) is 9.51. The Bertz CT molecular complexity index is 655. The van der Waals surface area contributed by atoms with Gasteiger partial charge < -0.3 is 5.32 Å². The zero-order valence-corrected chi connectivity index (χ0v) is 12.4. The lowest BCUT2D eigenvalue weighted by atomic mass is 9.68. The summed E-state index contributed by atoms with van der Waals surface area (Å²) in [5, 5.41) is 8.05. The zero-order chi connectivity index (χ0) is 14.0. The highest BCUT2D eigenvalue weighted by atomic mass is 15.2. The van der Waals surface area contributed by atoms with Crippen LogP contribution >= 0.6 is 0 Å². The van der Waals surface area contributed by atoms with Gasteiger partial charge in [0.15, 0.2) is 5.82 Å². The Balaban J connectivity index is 1.74. The Kier molecular flexibility index (Phi) is 2.28. The van der Waals surface area contributed by atoms with Gasteiger partial charge in [0.05, 0.1) is 6.20 Å². The first-order valence-electron chi connectivity index (χ1n) is 7.56. The summed E-state index contributed by atoms with van der Waals surface area (Å²) in [6, 6.07) is 2.51. The van der Waals surface area contributed by atoms with E-state index in [4.69, 9.17) is 0 Å². The SMILES string of the molecule is CC12CCC(C1)C(C)(C)C2Nc1nccn2nccc12. The van der Waals surface area contributed by atoms with Crippen molar-refractivity contribution in [3.05, 3.63) is 24.7 Å². The molecule has 3 atom stereocenters. The number of rotatable bonds is 2. The third kappa shape index (κ3) is 1.48. The van der Waals surface area contributed by atoms with E-state index in [-0.39, 0.29) is 0 Å². The number of nitrogens with zero attached hydrogens (tertiary/aromatic N) is 3. The van der Waals surface area contributed by atoms with Gasteiger partial charge in [-0.15, -0.1) is 0 Å². The number of aromatic nitrogens is 3. The first-order valence-corrected chi connectivity index (χ1v) is 7.56. The molecule has 4 nitrogen and oxygen atoms in total. The summed E-state index contributed by atoms with van der Waals surface area (Å²) in [5.74, 6) is 1.81. The standard InChI is InChI=1S/C16H22N4/c1-15(2)11-4-6-16(3,10-11)14(15)19-13-12-5-7-18-20(12)9-8-17-13/h5,7-9,11,14H,4,6,10H2,1-3H3,(H,17,19). The van der Waals surface area contributed by atoms with E-state index in [0.29, 0.717) is 16.9 Å². The van der Waals surface area contributed by atoms with Gasteiger partial charge in [-0.1, -0.05) is 20.8 Å². The van der Waals surface area contributed by atoms with Crippen molar-refractivity contribution in [2.75, 3.05) is 5.32 Å². The maximum absolute atomic E-state index is 4.55. The van der Waals surface area contributed by atoms with Crippen molar-refractivity contribution in [3.8, 4) is 0 Å². The molecule has 0 saturated heterocycles. The fourth-order valence-electron chi connectivity index (χ4n) is 4.77. The molecule has 0 spiro atoms. The molecule has 2 aromatic rings. The molecule has 1 N–H and O–H groups in total. The Morgan fingerprint density at radius 3 is 2.90 bits per heavy atom. The van der Waals surface area contributed by atoms with Gasteiger partial charge in [0.25, 0.3) is 0 Å². The molecule has 2 saturated carbocycles. The highest BCUT2D eigenvalue weighted by Crippen LogP contribution is 2.63. The summed E-state index contributed by atoms with van der Waals surface area (Å²) in [4.78, 5) is 4.55. The van der Waals surface area contributed by atoms with Gasteiger partial charge >= 0.3 is 0 Å². The van der Waals surface area contributed by atoms with E-state index < -0.39 is 0 Å². The van der Waals surface area contributed by atoms with E-state index in [1.807, 2.05) is 29.2 Å². The molecule has 2 heterocycles. The van der Waals surface area contributed by atoms with E-state index >= 15 is 0 Å². The summed E-state index contributed by atoms with van der Waals surface area (Å²) in [6.45, 7) is 7.27. The topological polar surface area (TPSA) is 42.2 Å². The molecular formula is C16H22N4. The van der Waals surface area contributed by atoms with Gasteiger partial charge in [0.1, 0.15) is 5.52 Å². The highest BCUT2D eigenvalue weighted by molar-refractivity contribution is 5.67. The monoisotopic (exact) mass is 270 g/mol. The van der Waals surface area contributed by atoms with E-state index in [9.17, 15) is 0 Å². The fourth-order valence-corrected chi connectivity index (χ4v) is 4.77. The maximum atomic E-state index is 4.55. The molecule has 20 heavy (non-hydrogen) atoms. The van der Waals surface area contributed by atoms with Crippen LogP contribution in [-0.4, -0.2) is 20.6 Å². The summed E-state index contributed by atoms with van der Waals surface area (Å²) < 4.78 is 1.89. The molecule has 4 heteroatoms. The molecule has 2 bridgehead atoms. The minimum Gasteiger partial charge on any atom is -0.364 e. The van der Waals surface area contributed by atoms with Gasteiger partial charge in [-0.3, -0.25) is 0 Å². The number of nitrogens with one attached hydrogen (secondary N) is 1. The molecule has 4 rings (SSSR count). The molecule has 2 aromatic heterocycles. The van der Waals surface area contributed by atoms with E-state index in [1.54, 1.807) is 0 Å². The van der Waals surface area contributed by atoms with E-state index in [2.05, 4.69) is 36.2 Å². The third-order valence-electron chi connectivity index (χ3n) is 5.88. The number of anilines is 1. The average Bonchev–Trinajstić information content (AvgIpc) is 3.05. The minimum atomic E-state index is 0.335. The number of hydrogen-bond acceptors (Lipinski definition) is 3. The third-order valence-corrected chi connectivity index (χ3v) is 5.88. The second kappa shape index (κ2) is 3.74. The lowest BCUT2D eigenvalue weighted by Gasteiger charge is -2.43. The number of fused-ring (bicyclic) bond motifs is 3. The van der Waals surface area contributed by atoms with Gasteiger partial charge in [-0.25, -0.2) is 9.50 Å². The zero-order valence-electron chi connectivity index (χ0n) is 12.4. The molecule has 2 aliphatic carbocycles. The summed E-state index contributed by atoms with van der Waals surface area (Å²) in [6.07, 6.45) is 9.61. The second-order valence-electron chi connectivity index (χ2n) is 7.43. The highest BCUT2D eigenvalue weighted by Gasteiger charge is 2.59. The van der Waals surface area contributed by atoms with Crippen molar-refractivity contribution in [1.29, 1.82) is 0 Å². The van der Waals surface area contributed by atoms with Crippen LogP contribution < -0.4 is 5.32 Å². The van der Waals surface area contributed by atoms with Crippen LogP contribution in [0.3, 0.4) is 0 Å². The van der Waals surface area contributed by atoms with Crippen LogP contribution in [0.25, 0.3) is 5.52 Å². The van der Waals surface area contributed by atoms with Crippen molar-refractivity contribution >= 4 is 11.3 Å². The van der Waals surface area contributed by atoms with Gasteiger partial charge in [-0.05, 0) is 42.1 Å². The molecule has 106 valence electrons. The Morgan fingerprint density at radius 2 is 2.15 bits per heavy atom. The van der Waals surface area contributed by atoms with Crippen LogP contribution in [0.1, 0.15) is 40.0 Å². The quantitative estimate of drug-likeness (QED) is 0.910. The van der Waals surface area contributed by atoms with Gasteiger partial charge in [0, 0.05) is 18.4 Å². The summed E-state index contributed by atoms with van der Waals surface area (Å²) in [5.41, 5.74) is 1.80. The van der Waals surface area contributed by atoms with E-state index in [0.717, 1.165) is 17.3 Å². The van der Waals surface area contributed by atoms with Crippen LogP contribution in [-0.2, 0) is 0 Å². The normalized spacial score (nSPS) is 34.8. The maximum Gasteiger partial charge on any atom is 0.152 e. The fraction of sp³-hybridized carbons (Fsp3) is 0.625.